The number of amides is 1. The van der Waals surface area contributed by atoms with Gasteiger partial charge in [0.05, 0.1) is 18.1 Å². The van der Waals surface area contributed by atoms with Gasteiger partial charge in [0.15, 0.2) is 8.32 Å². The Morgan fingerprint density at radius 2 is 2.05 bits per heavy atom. The second-order valence-corrected chi connectivity index (χ2v) is 13.2. The molecular weight excluding hydrogens is 290 g/mol. The highest BCUT2D eigenvalue weighted by atomic mass is 28.4. The maximum Gasteiger partial charge on any atom is 0.236 e. The molecule has 0 bridgehead atoms. The Morgan fingerprint density at radius 1 is 1.41 bits per heavy atom. The number of likely N-dealkylation sites (N-methyl/N-ethyl adjacent to an activating group) is 1. The lowest BCUT2D eigenvalue weighted by Gasteiger charge is -2.46. The van der Waals surface area contributed by atoms with Crippen molar-refractivity contribution in [1.29, 1.82) is 0 Å². The molecule has 1 amide bonds. The molecular formula is C18H31NO2Si. The molecule has 1 aliphatic heterocycles. The molecule has 0 N–H and O–H groups in total. The maximum absolute atomic E-state index is 12.8. The minimum atomic E-state index is -1.77. The summed E-state index contributed by atoms with van der Waals surface area (Å²) in [5.74, 6) is 0.199. The van der Waals surface area contributed by atoms with Crippen molar-refractivity contribution >= 4 is 14.2 Å². The molecule has 2 rings (SSSR count). The van der Waals surface area contributed by atoms with E-state index >= 15 is 0 Å². The smallest absolute Gasteiger partial charge is 0.236 e. The highest BCUT2D eigenvalue weighted by molar-refractivity contribution is 6.74. The third kappa shape index (κ3) is 2.95. The molecule has 0 aromatic carbocycles. The molecule has 0 aromatic rings. The predicted molar refractivity (Wildman–Crippen MR) is 94.3 cm³/mol. The minimum absolute atomic E-state index is 0.160. The van der Waals surface area contributed by atoms with Gasteiger partial charge in [-0.3, -0.25) is 4.79 Å². The highest BCUT2D eigenvalue weighted by Crippen LogP contribution is 2.42. The Balaban J connectivity index is 2.11. The van der Waals surface area contributed by atoms with Gasteiger partial charge in [-0.25, -0.2) is 0 Å². The lowest BCUT2D eigenvalue weighted by Crippen LogP contribution is -2.54. The Hall–Kier alpha value is -0.873. The highest BCUT2D eigenvalue weighted by Gasteiger charge is 2.46. The molecule has 124 valence electrons. The van der Waals surface area contributed by atoms with Crippen LogP contribution in [-0.2, 0) is 9.22 Å². The summed E-state index contributed by atoms with van der Waals surface area (Å²) in [6.07, 6.45) is 8.27. The molecule has 1 fully saturated rings. The maximum atomic E-state index is 12.8. The molecule has 0 spiro atoms. The van der Waals surface area contributed by atoms with Crippen molar-refractivity contribution in [1.82, 2.24) is 4.90 Å². The number of fused-ring (bicyclic) bond motifs is 1. The summed E-state index contributed by atoms with van der Waals surface area (Å²) in [6, 6.07) is 0.160. The zero-order valence-corrected chi connectivity index (χ0v) is 16.2. The van der Waals surface area contributed by atoms with Gasteiger partial charge in [-0.15, -0.1) is 0 Å². The number of likely N-dealkylation sites (tertiary alicyclic amines) is 1. The summed E-state index contributed by atoms with van der Waals surface area (Å²) in [6.45, 7) is 14.0. The quantitative estimate of drug-likeness (QED) is 0.578. The average molecular weight is 322 g/mol. The lowest BCUT2D eigenvalue weighted by atomic mass is 9.72. The van der Waals surface area contributed by atoms with Crippen LogP contribution >= 0.6 is 0 Å². The fraction of sp³-hybridized carbons (Fsp3) is 0.722. The summed E-state index contributed by atoms with van der Waals surface area (Å²) in [7, 11) is 0.149. The van der Waals surface area contributed by atoms with E-state index in [9.17, 15) is 4.79 Å². The number of rotatable bonds is 3. The third-order valence-electron chi connectivity index (χ3n) is 5.83. The largest absolute Gasteiger partial charge is 0.415 e. The van der Waals surface area contributed by atoms with Crippen LogP contribution in [0.2, 0.25) is 18.1 Å². The van der Waals surface area contributed by atoms with Gasteiger partial charge in [-0.05, 0) is 37.9 Å². The Labute approximate surface area is 136 Å². The van der Waals surface area contributed by atoms with E-state index in [1.165, 1.54) is 5.57 Å². The van der Waals surface area contributed by atoms with Crippen molar-refractivity contribution in [2.24, 2.45) is 5.41 Å². The fourth-order valence-electron chi connectivity index (χ4n) is 2.95. The van der Waals surface area contributed by atoms with Crippen LogP contribution in [0.4, 0.5) is 0 Å². The fourth-order valence-corrected chi connectivity index (χ4v) is 3.99. The number of carbonyl (C=O) groups excluding carboxylic acids is 1. The molecule has 3 nitrogen and oxygen atoms in total. The monoisotopic (exact) mass is 321 g/mol. The van der Waals surface area contributed by atoms with E-state index in [0.29, 0.717) is 6.61 Å². The minimum Gasteiger partial charge on any atom is -0.415 e. The molecule has 2 atom stereocenters. The molecule has 1 heterocycles. The van der Waals surface area contributed by atoms with Gasteiger partial charge in [0.25, 0.3) is 0 Å². The van der Waals surface area contributed by atoms with Crippen LogP contribution in [0.15, 0.2) is 23.8 Å². The van der Waals surface area contributed by atoms with Crippen molar-refractivity contribution in [3.8, 4) is 0 Å². The Kier molecular flexibility index (Phi) is 4.48. The van der Waals surface area contributed by atoms with Crippen LogP contribution in [0.5, 0.6) is 0 Å². The van der Waals surface area contributed by atoms with Crippen molar-refractivity contribution in [2.45, 2.75) is 64.7 Å². The van der Waals surface area contributed by atoms with Gasteiger partial charge >= 0.3 is 0 Å². The van der Waals surface area contributed by atoms with Crippen molar-refractivity contribution < 1.29 is 9.22 Å². The lowest BCUT2D eigenvalue weighted by molar-refractivity contribution is -0.141. The SMILES string of the molecule is CN1C(=O)[C@@]2(C)C=CCC=C2C[C@H]1CO[Si](C)(C)C(C)(C)C. The van der Waals surface area contributed by atoms with E-state index in [1.807, 2.05) is 18.9 Å². The first-order chi connectivity index (χ1) is 9.99. The van der Waals surface area contributed by atoms with Gasteiger partial charge in [-0.2, -0.15) is 0 Å². The van der Waals surface area contributed by atoms with Crippen LogP contribution in [0.1, 0.15) is 40.5 Å². The van der Waals surface area contributed by atoms with Crippen molar-refractivity contribution in [3.63, 3.8) is 0 Å². The van der Waals surface area contributed by atoms with Gasteiger partial charge in [0.1, 0.15) is 0 Å². The van der Waals surface area contributed by atoms with E-state index in [2.05, 4.69) is 52.1 Å². The number of piperidine rings is 1. The van der Waals surface area contributed by atoms with E-state index in [4.69, 9.17) is 4.43 Å². The van der Waals surface area contributed by atoms with Gasteiger partial charge in [-0.1, -0.05) is 44.6 Å². The molecule has 4 heteroatoms. The Morgan fingerprint density at radius 3 is 2.64 bits per heavy atom. The predicted octanol–water partition coefficient (Wildman–Crippen LogP) is 4.13. The summed E-state index contributed by atoms with van der Waals surface area (Å²) in [5, 5.41) is 0.200. The summed E-state index contributed by atoms with van der Waals surface area (Å²) in [4.78, 5) is 14.7. The molecule has 1 aliphatic carbocycles. The van der Waals surface area contributed by atoms with E-state index in [1.54, 1.807) is 0 Å². The van der Waals surface area contributed by atoms with Crippen molar-refractivity contribution in [3.05, 3.63) is 23.8 Å². The van der Waals surface area contributed by atoms with Crippen LogP contribution in [-0.4, -0.2) is 38.8 Å². The second kappa shape index (κ2) is 5.64. The molecule has 1 saturated heterocycles. The van der Waals surface area contributed by atoms with E-state index in [0.717, 1.165) is 12.8 Å². The van der Waals surface area contributed by atoms with Gasteiger partial charge in [0.2, 0.25) is 5.91 Å². The normalized spacial score (nSPS) is 29.4. The number of nitrogens with zero attached hydrogens (tertiary/aromatic N) is 1. The number of hydrogen-bond donors (Lipinski definition) is 0. The van der Waals surface area contributed by atoms with Crippen LogP contribution in [0, 0.1) is 5.41 Å². The van der Waals surface area contributed by atoms with Crippen LogP contribution in [0.25, 0.3) is 0 Å². The first-order valence-corrected chi connectivity index (χ1v) is 11.2. The molecule has 0 radical (unpaired) electrons. The van der Waals surface area contributed by atoms with Gasteiger partial charge in [0, 0.05) is 7.05 Å². The first-order valence-electron chi connectivity index (χ1n) is 8.27. The zero-order chi connectivity index (χ0) is 16.8. The zero-order valence-electron chi connectivity index (χ0n) is 15.2. The molecule has 0 unspecified atom stereocenters. The van der Waals surface area contributed by atoms with E-state index < -0.39 is 13.7 Å². The molecule has 0 aromatic heterocycles. The van der Waals surface area contributed by atoms with Crippen molar-refractivity contribution in [2.75, 3.05) is 13.7 Å². The summed E-state index contributed by atoms with van der Waals surface area (Å²) < 4.78 is 6.36. The van der Waals surface area contributed by atoms with Gasteiger partial charge < -0.3 is 9.33 Å². The topological polar surface area (TPSA) is 29.5 Å². The standard InChI is InChI=1S/C18H31NO2Si/c1-17(2,3)22(6,7)21-13-15-12-14-10-8-9-11-18(14,4)16(20)19(15)5/h9-11,15H,8,12-13H2,1-7H3/t15-,18-/m0/s1. The van der Waals surface area contributed by atoms with Crippen LogP contribution in [0.3, 0.4) is 0 Å². The molecule has 0 saturated carbocycles. The molecule has 22 heavy (non-hydrogen) atoms. The summed E-state index contributed by atoms with van der Waals surface area (Å²) in [5.41, 5.74) is 0.836. The average Bonchev–Trinajstić information content (AvgIpc) is 2.41. The van der Waals surface area contributed by atoms with E-state index in [-0.39, 0.29) is 17.0 Å². The first kappa shape index (κ1) is 17.5. The second-order valence-electron chi connectivity index (χ2n) is 8.42. The third-order valence-corrected chi connectivity index (χ3v) is 10.3. The number of allylic oxidation sites excluding steroid dienone is 2. The number of hydrogen-bond acceptors (Lipinski definition) is 2. The summed E-state index contributed by atoms with van der Waals surface area (Å²) >= 11 is 0. The number of carbonyl (C=O) groups is 1. The molecule has 2 aliphatic rings. The Bertz CT molecular complexity index is 516. The van der Waals surface area contributed by atoms with Crippen LogP contribution < -0.4 is 0 Å².